The summed E-state index contributed by atoms with van der Waals surface area (Å²) in [6.45, 7) is 6.31. The Morgan fingerprint density at radius 2 is 2.17 bits per heavy atom. The van der Waals surface area contributed by atoms with Crippen LogP contribution < -0.4 is 5.32 Å². The molecule has 0 radical (unpaired) electrons. The monoisotopic (exact) mass is 313 g/mol. The molecule has 1 aromatic rings. The van der Waals surface area contributed by atoms with E-state index in [4.69, 9.17) is 4.74 Å². The van der Waals surface area contributed by atoms with E-state index in [1.165, 1.54) is 0 Å². The second kappa shape index (κ2) is 7.41. The van der Waals surface area contributed by atoms with E-state index in [1.54, 1.807) is 0 Å². The average molecular weight is 314 g/mol. The number of anilines is 1. The number of carbonyl (C=O) groups is 1. The highest BCUT2D eigenvalue weighted by Gasteiger charge is 2.19. The van der Waals surface area contributed by atoms with Crippen molar-refractivity contribution in [2.75, 3.05) is 11.9 Å². The van der Waals surface area contributed by atoms with E-state index >= 15 is 0 Å². The molecule has 0 aliphatic heterocycles. The fourth-order valence-electron chi connectivity index (χ4n) is 1.76. The first kappa shape index (κ1) is 15.0. The van der Waals surface area contributed by atoms with Gasteiger partial charge in [0.1, 0.15) is 6.04 Å². The predicted octanol–water partition coefficient (Wildman–Crippen LogP) is 3.90. The van der Waals surface area contributed by atoms with Gasteiger partial charge in [0.05, 0.1) is 6.61 Å². The molecule has 1 rings (SSSR count). The zero-order chi connectivity index (χ0) is 13.5. The third kappa shape index (κ3) is 4.33. The lowest BCUT2D eigenvalue weighted by atomic mass is 10.1. The molecule has 100 valence electrons. The largest absolute Gasteiger partial charge is 0.464 e. The van der Waals surface area contributed by atoms with Crippen molar-refractivity contribution in [1.82, 2.24) is 0 Å². The number of nitrogens with one attached hydrogen (secondary N) is 1. The summed E-state index contributed by atoms with van der Waals surface area (Å²) in [5.41, 5.74) is 2.08. The number of benzene rings is 1. The smallest absolute Gasteiger partial charge is 0.328 e. The van der Waals surface area contributed by atoms with Gasteiger partial charge in [-0.1, -0.05) is 29.3 Å². The minimum Gasteiger partial charge on any atom is -0.464 e. The minimum atomic E-state index is -0.269. The van der Waals surface area contributed by atoms with Gasteiger partial charge >= 0.3 is 5.97 Å². The first-order valence-electron chi connectivity index (χ1n) is 6.27. The second-order valence-electron chi connectivity index (χ2n) is 4.20. The molecule has 3 nitrogen and oxygen atoms in total. The fraction of sp³-hybridized carbons (Fsp3) is 0.500. The van der Waals surface area contributed by atoms with E-state index in [-0.39, 0.29) is 12.0 Å². The summed E-state index contributed by atoms with van der Waals surface area (Å²) in [7, 11) is 0. The van der Waals surface area contributed by atoms with E-state index in [2.05, 4.69) is 28.2 Å². The predicted molar refractivity (Wildman–Crippen MR) is 77.8 cm³/mol. The molecule has 1 aromatic carbocycles. The van der Waals surface area contributed by atoms with Crippen molar-refractivity contribution < 1.29 is 9.53 Å². The van der Waals surface area contributed by atoms with Crippen molar-refractivity contribution >= 4 is 27.6 Å². The van der Waals surface area contributed by atoms with Gasteiger partial charge in [0.15, 0.2) is 0 Å². The topological polar surface area (TPSA) is 38.3 Å². The molecule has 4 heteroatoms. The molecule has 1 atom stereocenters. The van der Waals surface area contributed by atoms with Crippen molar-refractivity contribution in [3.05, 3.63) is 28.2 Å². The van der Waals surface area contributed by atoms with Crippen molar-refractivity contribution in [1.29, 1.82) is 0 Å². The van der Waals surface area contributed by atoms with Gasteiger partial charge in [0.25, 0.3) is 0 Å². The Hall–Kier alpha value is -1.03. The van der Waals surface area contributed by atoms with Crippen LogP contribution in [0.3, 0.4) is 0 Å². The molecule has 0 aliphatic carbocycles. The van der Waals surface area contributed by atoms with Crippen LogP contribution in [0.25, 0.3) is 0 Å². The summed E-state index contributed by atoms with van der Waals surface area (Å²) in [5.74, 6) is -0.179. The number of esters is 1. The molecule has 1 unspecified atom stereocenters. The SMILES string of the molecule is CCCC(Nc1ccc(Br)cc1C)C(=O)OCC. The summed E-state index contributed by atoms with van der Waals surface area (Å²) in [6, 6.07) is 5.69. The number of halogens is 1. The van der Waals surface area contributed by atoms with Crippen LogP contribution in [0.4, 0.5) is 5.69 Å². The Labute approximate surface area is 117 Å². The molecular weight excluding hydrogens is 294 g/mol. The highest BCUT2D eigenvalue weighted by atomic mass is 79.9. The van der Waals surface area contributed by atoms with Crippen LogP contribution in [0.15, 0.2) is 22.7 Å². The van der Waals surface area contributed by atoms with E-state index in [9.17, 15) is 4.79 Å². The summed E-state index contributed by atoms with van der Waals surface area (Å²) in [6.07, 6.45) is 1.71. The lowest BCUT2D eigenvalue weighted by molar-refractivity contribution is -0.144. The summed E-state index contributed by atoms with van der Waals surface area (Å²) >= 11 is 3.43. The number of hydrogen-bond acceptors (Lipinski definition) is 3. The van der Waals surface area contributed by atoms with Gasteiger partial charge in [-0.15, -0.1) is 0 Å². The van der Waals surface area contributed by atoms with Gasteiger partial charge in [-0.25, -0.2) is 4.79 Å². The van der Waals surface area contributed by atoms with Crippen LogP contribution in [0.5, 0.6) is 0 Å². The molecule has 0 amide bonds. The molecule has 0 aromatic heterocycles. The molecule has 0 heterocycles. The summed E-state index contributed by atoms with van der Waals surface area (Å²) in [4.78, 5) is 11.8. The van der Waals surface area contributed by atoms with Gasteiger partial charge in [0.2, 0.25) is 0 Å². The van der Waals surface area contributed by atoms with Crippen LogP contribution in [0.2, 0.25) is 0 Å². The first-order valence-corrected chi connectivity index (χ1v) is 7.07. The number of aryl methyl sites for hydroxylation is 1. The van der Waals surface area contributed by atoms with E-state index in [0.717, 1.165) is 28.6 Å². The molecule has 1 N–H and O–H groups in total. The Morgan fingerprint density at radius 3 is 2.72 bits per heavy atom. The van der Waals surface area contributed by atoms with E-state index in [1.807, 2.05) is 32.0 Å². The molecular formula is C14H20BrNO2. The maximum atomic E-state index is 11.8. The number of hydrogen-bond donors (Lipinski definition) is 1. The highest BCUT2D eigenvalue weighted by molar-refractivity contribution is 9.10. The molecule has 0 fully saturated rings. The maximum absolute atomic E-state index is 11.8. The fourth-order valence-corrected chi connectivity index (χ4v) is 2.23. The second-order valence-corrected chi connectivity index (χ2v) is 5.11. The van der Waals surface area contributed by atoms with Crippen LogP contribution in [0.1, 0.15) is 32.3 Å². The van der Waals surface area contributed by atoms with E-state index in [0.29, 0.717) is 6.61 Å². The quantitative estimate of drug-likeness (QED) is 0.809. The number of carbonyl (C=O) groups excluding carboxylic acids is 1. The lowest BCUT2D eigenvalue weighted by Crippen LogP contribution is -2.31. The van der Waals surface area contributed by atoms with Gasteiger partial charge in [-0.3, -0.25) is 0 Å². The normalized spacial score (nSPS) is 12.0. The van der Waals surface area contributed by atoms with Gasteiger partial charge < -0.3 is 10.1 Å². The third-order valence-corrected chi connectivity index (χ3v) is 3.16. The molecule has 0 bridgehead atoms. The number of rotatable bonds is 6. The Bertz CT molecular complexity index is 407. The van der Waals surface area contributed by atoms with Crippen molar-refractivity contribution in [2.24, 2.45) is 0 Å². The zero-order valence-corrected chi connectivity index (χ0v) is 12.7. The van der Waals surface area contributed by atoms with Crippen molar-refractivity contribution in [3.8, 4) is 0 Å². The van der Waals surface area contributed by atoms with E-state index < -0.39 is 0 Å². The highest BCUT2D eigenvalue weighted by Crippen LogP contribution is 2.21. The Morgan fingerprint density at radius 1 is 1.44 bits per heavy atom. The first-order chi connectivity index (χ1) is 8.58. The van der Waals surface area contributed by atoms with Crippen LogP contribution in [0, 0.1) is 6.92 Å². The van der Waals surface area contributed by atoms with Gasteiger partial charge in [0, 0.05) is 10.2 Å². The molecule has 0 aliphatic rings. The van der Waals surface area contributed by atoms with Crippen LogP contribution >= 0.6 is 15.9 Å². The lowest BCUT2D eigenvalue weighted by Gasteiger charge is -2.19. The molecule has 0 saturated carbocycles. The molecule has 0 spiro atoms. The van der Waals surface area contributed by atoms with Crippen LogP contribution in [-0.2, 0) is 9.53 Å². The molecule has 18 heavy (non-hydrogen) atoms. The average Bonchev–Trinajstić information content (AvgIpc) is 2.32. The zero-order valence-electron chi connectivity index (χ0n) is 11.1. The maximum Gasteiger partial charge on any atom is 0.328 e. The Kier molecular flexibility index (Phi) is 6.19. The van der Waals surface area contributed by atoms with Crippen LogP contribution in [-0.4, -0.2) is 18.6 Å². The standard InChI is InChI=1S/C14H20BrNO2/c1-4-6-13(14(17)18-5-2)16-12-8-7-11(15)9-10(12)3/h7-9,13,16H,4-6H2,1-3H3. The van der Waals surface area contributed by atoms with Crippen molar-refractivity contribution in [2.45, 2.75) is 39.7 Å². The summed E-state index contributed by atoms with van der Waals surface area (Å²) in [5, 5.41) is 3.26. The van der Waals surface area contributed by atoms with Crippen molar-refractivity contribution in [3.63, 3.8) is 0 Å². The summed E-state index contributed by atoms with van der Waals surface area (Å²) < 4.78 is 6.12. The van der Waals surface area contributed by atoms with Gasteiger partial charge in [-0.05, 0) is 44.0 Å². The third-order valence-electron chi connectivity index (χ3n) is 2.67. The number of ether oxygens (including phenoxy) is 1. The molecule has 0 saturated heterocycles. The van der Waals surface area contributed by atoms with Gasteiger partial charge in [-0.2, -0.15) is 0 Å². The Balaban J connectivity index is 2.79. The minimum absolute atomic E-state index is 0.179.